The van der Waals surface area contributed by atoms with Crippen LogP contribution in [0.5, 0.6) is 11.5 Å². The number of alkyl halides is 3. The van der Waals surface area contributed by atoms with Crippen molar-refractivity contribution < 1.29 is 30.5 Å². The second-order valence-electron chi connectivity index (χ2n) is 5.31. The maximum absolute atomic E-state index is 12.4. The van der Waals surface area contributed by atoms with Gasteiger partial charge >= 0.3 is 15.6 Å². The summed E-state index contributed by atoms with van der Waals surface area (Å²) in [5.41, 5.74) is -3.74. The number of ether oxygens (including phenoxy) is 1. The van der Waals surface area contributed by atoms with Crippen LogP contribution in [0.3, 0.4) is 0 Å². The Morgan fingerprint density at radius 2 is 1.79 bits per heavy atom. The molecule has 24 heavy (non-hydrogen) atoms. The van der Waals surface area contributed by atoms with Crippen molar-refractivity contribution in [1.82, 2.24) is 0 Å². The monoisotopic (exact) mass is 358 g/mol. The van der Waals surface area contributed by atoms with E-state index in [1.165, 1.54) is 18.2 Å². The second kappa shape index (κ2) is 6.01. The molecule has 128 valence electrons. The first-order valence-corrected chi connectivity index (χ1v) is 8.52. The van der Waals surface area contributed by atoms with Crippen LogP contribution < -0.4 is 8.92 Å². The maximum Gasteiger partial charge on any atom is 0.534 e. The summed E-state index contributed by atoms with van der Waals surface area (Å²) < 4.78 is 69.3. The van der Waals surface area contributed by atoms with Gasteiger partial charge in [-0.25, -0.2) is 0 Å². The first-order valence-electron chi connectivity index (χ1n) is 7.11. The number of halogens is 3. The minimum atomic E-state index is -5.70. The Kier molecular flexibility index (Phi) is 4.16. The van der Waals surface area contributed by atoms with Gasteiger partial charge in [-0.15, -0.1) is 0 Å². The fraction of sp³-hybridized carbons (Fsp3) is 0.250. The Labute approximate surface area is 137 Å². The highest BCUT2D eigenvalue weighted by atomic mass is 32.2. The van der Waals surface area contributed by atoms with E-state index in [9.17, 15) is 21.6 Å². The molecule has 0 saturated heterocycles. The predicted octanol–water partition coefficient (Wildman–Crippen LogP) is 3.98. The summed E-state index contributed by atoms with van der Waals surface area (Å²) in [6.07, 6.45) is 1.15. The van der Waals surface area contributed by atoms with Crippen molar-refractivity contribution in [3.63, 3.8) is 0 Å². The minimum Gasteiger partial charge on any atom is -0.485 e. The Hall–Kier alpha value is -2.22. The van der Waals surface area contributed by atoms with Gasteiger partial charge in [0.25, 0.3) is 0 Å². The lowest BCUT2D eigenvalue weighted by molar-refractivity contribution is -0.0500. The lowest BCUT2D eigenvalue weighted by Gasteiger charge is -2.26. The lowest BCUT2D eigenvalue weighted by atomic mass is 9.97. The zero-order valence-electron chi connectivity index (χ0n) is 12.3. The van der Waals surface area contributed by atoms with Gasteiger partial charge in [0.2, 0.25) is 0 Å². The molecule has 8 heteroatoms. The van der Waals surface area contributed by atoms with Crippen molar-refractivity contribution in [2.75, 3.05) is 0 Å². The zero-order valence-corrected chi connectivity index (χ0v) is 13.1. The topological polar surface area (TPSA) is 52.6 Å². The minimum absolute atomic E-state index is 0.242. The average Bonchev–Trinajstić information content (AvgIpc) is 2.53. The van der Waals surface area contributed by atoms with E-state index in [-0.39, 0.29) is 6.10 Å². The summed E-state index contributed by atoms with van der Waals surface area (Å²) in [6, 6.07) is 13.3. The molecule has 0 fully saturated rings. The molecule has 2 aromatic rings. The first-order chi connectivity index (χ1) is 11.3. The van der Waals surface area contributed by atoms with Crippen molar-refractivity contribution >= 4 is 10.1 Å². The molecule has 1 unspecified atom stereocenters. The van der Waals surface area contributed by atoms with Crippen LogP contribution in [0.25, 0.3) is 0 Å². The molecule has 1 aliphatic rings. The van der Waals surface area contributed by atoms with Crippen molar-refractivity contribution in [3.05, 3.63) is 59.7 Å². The highest BCUT2D eigenvalue weighted by Crippen LogP contribution is 2.38. The molecule has 0 amide bonds. The van der Waals surface area contributed by atoms with Gasteiger partial charge in [0.05, 0.1) is 0 Å². The molecule has 0 aliphatic carbocycles. The molecule has 4 nitrogen and oxygen atoms in total. The van der Waals surface area contributed by atoms with Gasteiger partial charge in [-0.1, -0.05) is 36.4 Å². The average molecular weight is 358 g/mol. The molecule has 0 N–H and O–H groups in total. The van der Waals surface area contributed by atoms with Gasteiger partial charge in [0, 0.05) is 6.07 Å². The second-order valence-corrected chi connectivity index (χ2v) is 6.85. The Balaban J connectivity index is 1.84. The highest BCUT2D eigenvalue weighted by molar-refractivity contribution is 7.88. The molecule has 0 radical (unpaired) electrons. The Morgan fingerprint density at radius 1 is 1.08 bits per heavy atom. The number of hydrogen-bond donors (Lipinski definition) is 0. The predicted molar refractivity (Wildman–Crippen MR) is 80.2 cm³/mol. The number of aryl methyl sites for hydroxylation is 1. The first kappa shape index (κ1) is 16.6. The lowest BCUT2D eigenvalue weighted by Crippen LogP contribution is -2.28. The standard InChI is InChI=1S/C16H13F3O4S/c17-16(18,19)24(20,21)23-13-8-6-12-7-9-14(22-15(12)10-13)11-4-2-1-3-5-11/h1-6,8,10,14H,7,9H2. The third kappa shape index (κ3) is 3.33. The van der Waals surface area contributed by atoms with Crippen LogP contribution in [0.4, 0.5) is 13.2 Å². The summed E-state index contributed by atoms with van der Waals surface area (Å²) >= 11 is 0. The van der Waals surface area contributed by atoms with Crippen molar-refractivity contribution in [2.24, 2.45) is 0 Å². The van der Waals surface area contributed by atoms with E-state index in [1.54, 1.807) is 0 Å². The normalized spacial score (nSPS) is 17.7. The third-order valence-electron chi connectivity index (χ3n) is 3.64. The van der Waals surface area contributed by atoms with E-state index in [4.69, 9.17) is 4.74 Å². The molecular formula is C16H13F3O4S. The number of fused-ring (bicyclic) bond motifs is 1. The van der Waals surface area contributed by atoms with Gasteiger partial charge in [0.1, 0.15) is 17.6 Å². The molecule has 0 aromatic heterocycles. The van der Waals surface area contributed by atoms with Gasteiger partial charge < -0.3 is 8.92 Å². The maximum atomic E-state index is 12.4. The Bertz CT molecular complexity index is 832. The molecule has 1 atom stereocenters. The molecule has 1 aliphatic heterocycles. The molecule has 0 spiro atoms. The molecular weight excluding hydrogens is 345 g/mol. The van der Waals surface area contributed by atoms with Gasteiger partial charge in [-0.05, 0) is 30.0 Å². The van der Waals surface area contributed by atoms with Gasteiger partial charge in [0.15, 0.2) is 0 Å². The van der Waals surface area contributed by atoms with E-state index >= 15 is 0 Å². The van der Waals surface area contributed by atoms with Gasteiger partial charge in [-0.3, -0.25) is 0 Å². The summed E-state index contributed by atoms with van der Waals surface area (Å²) in [6.45, 7) is 0. The largest absolute Gasteiger partial charge is 0.534 e. The van der Waals surface area contributed by atoms with Crippen molar-refractivity contribution in [1.29, 1.82) is 0 Å². The van der Waals surface area contributed by atoms with Crippen molar-refractivity contribution in [2.45, 2.75) is 24.5 Å². The van der Waals surface area contributed by atoms with Crippen molar-refractivity contribution in [3.8, 4) is 11.5 Å². The molecule has 1 heterocycles. The number of hydrogen-bond acceptors (Lipinski definition) is 4. The van der Waals surface area contributed by atoms with Crippen LogP contribution in [-0.2, 0) is 16.5 Å². The van der Waals surface area contributed by atoms with Crippen LogP contribution in [-0.4, -0.2) is 13.9 Å². The SMILES string of the molecule is O=S(=O)(Oc1ccc2c(c1)OC(c1ccccc1)CC2)C(F)(F)F. The van der Waals surface area contributed by atoms with Crippen LogP contribution >= 0.6 is 0 Å². The summed E-state index contributed by atoms with van der Waals surface area (Å²) in [5.74, 6) is -0.107. The molecule has 2 aromatic carbocycles. The zero-order chi connectivity index (χ0) is 17.4. The molecule has 3 rings (SSSR count). The molecule has 0 saturated carbocycles. The van der Waals surface area contributed by atoms with E-state index in [0.29, 0.717) is 12.2 Å². The van der Waals surface area contributed by atoms with Gasteiger partial charge in [-0.2, -0.15) is 21.6 Å². The summed E-state index contributed by atoms with van der Waals surface area (Å²) in [5, 5.41) is 0. The fourth-order valence-corrected chi connectivity index (χ4v) is 2.93. The fourth-order valence-electron chi connectivity index (χ4n) is 2.48. The van der Waals surface area contributed by atoms with Crippen LogP contribution in [0.15, 0.2) is 48.5 Å². The summed E-state index contributed by atoms with van der Waals surface area (Å²) in [4.78, 5) is 0. The smallest absolute Gasteiger partial charge is 0.485 e. The van der Waals surface area contributed by atoms with Crippen LogP contribution in [0.2, 0.25) is 0 Å². The Morgan fingerprint density at radius 3 is 2.46 bits per heavy atom. The van der Waals surface area contributed by atoms with E-state index in [2.05, 4.69) is 4.18 Å². The molecule has 0 bridgehead atoms. The van der Waals surface area contributed by atoms with E-state index in [0.717, 1.165) is 17.5 Å². The van der Waals surface area contributed by atoms with Crippen LogP contribution in [0, 0.1) is 0 Å². The van der Waals surface area contributed by atoms with E-state index in [1.807, 2.05) is 30.3 Å². The number of rotatable bonds is 3. The van der Waals surface area contributed by atoms with E-state index < -0.39 is 21.4 Å². The quantitative estimate of drug-likeness (QED) is 0.615. The number of benzene rings is 2. The third-order valence-corrected chi connectivity index (χ3v) is 4.62. The summed E-state index contributed by atoms with van der Waals surface area (Å²) in [7, 11) is -5.70. The van der Waals surface area contributed by atoms with Crippen LogP contribution in [0.1, 0.15) is 23.7 Å². The highest BCUT2D eigenvalue weighted by Gasteiger charge is 2.48.